The van der Waals surface area contributed by atoms with Crippen LogP contribution in [0.25, 0.3) is 16.3 Å². The van der Waals surface area contributed by atoms with Crippen LogP contribution in [0.5, 0.6) is 0 Å². The van der Waals surface area contributed by atoms with Crippen LogP contribution in [0.1, 0.15) is 12.0 Å². The maximum Gasteiger partial charge on any atom is 0 e. The molecule has 3 heteroatoms. The van der Waals surface area contributed by atoms with Crippen molar-refractivity contribution in [3.05, 3.63) is 60.2 Å². The summed E-state index contributed by atoms with van der Waals surface area (Å²) in [6.45, 7) is 0. The molecule has 0 spiro atoms. The molecule has 0 radical (unpaired) electrons. The van der Waals surface area contributed by atoms with Crippen molar-refractivity contribution in [2.45, 2.75) is 6.42 Å². The molecule has 0 atom stereocenters. The maximum absolute atomic E-state index is 2.27. The van der Waals surface area contributed by atoms with Crippen molar-refractivity contribution in [3.8, 4) is 0 Å². The van der Waals surface area contributed by atoms with Crippen molar-refractivity contribution in [3.63, 3.8) is 0 Å². The fourth-order valence-electron chi connectivity index (χ4n) is 2.00. The van der Waals surface area contributed by atoms with E-state index in [0.29, 0.717) is 0 Å². The van der Waals surface area contributed by atoms with E-state index in [4.69, 9.17) is 0 Å². The van der Waals surface area contributed by atoms with Gasteiger partial charge in [-0.05, 0) is 6.42 Å². The van der Waals surface area contributed by atoms with Crippen molar-refractivity contribution in [2.75, 3.05) is 0 Å². The Labute approximate surface area is 133 Å². The first-order valence-corrected chi connectivity index (χ1v) is 4.95. The Morgan fingerprint density at radius 3 is 2.47 bits per heavy atom. The van der Waals surface area contributed by atoms with Crippen LogP contribution in [-0.4, -0.2) is 0 Å². The van der Waals surface area contributed by atoms with E-state index in [1.165, 1.54) is 21.9 Å². The molecule has 0 heterocycles. The zero-order valence-corrected chi connectivity index (χ0v) is 14.3. The molecule has 0 nitrogen and oxygen atoms in total. The molecular weight excluding hydrogens is 418 g/mol. The van der Waals surface area contributed by atoms with E-state index in [1.807, 2.05) is 0 Å². The van der Waals surface area contributed by atoms with E-state index in [2.05, 4.69) is 54.6 Å². The van der Waals surface area contributed by atoms with Crippen LogP contribution in [0.15, 0.2) is 54.6 Å². The topological polar surface area (TPSA) is 0 Å². The fraction of sp³-hybridized carbons (Fsp3) is 0.0714. The molecule has 3 rings (SSSR count). The molecule has 0 N–H and O–H groups in total. The molecule has 0 unspecified atom stereocenters. The summed E-state index contributed by atoms with van der Waals surface area (Å²) in [7, 11) is 0. The molecule has 1 aliphatic carbocycles. The Morgan fingerprint density at radius 1 is 1.06 bits per heavy atom. The van der Waals surface area contributed by atoms with Gasteiger partial charge in [0.2, 0.25) is 0 Å². The summed E-state index contributed by atoms with van der Waals surface area (Å²) >= 11 is 0. The molecule has 0 amide bonds. The Balaban J connectivity index is 0.000000853. The summed E-state index contributed by atoms with van der Waals surface area (Å²) in [5, 5.41) is 2.69. The first-order chi connectivity index (χ1) is 6.93. The minimum atomic E-state index is 0. The quantitative estimate of drug-likeness (QED) is 0.361. The van der Waals surface area contributed by atoms with Gasteiger partial charge in [-0.15, -0.1) is 40.1 Å². The summed E-state index contributed by atoms with van der Waals surface area (Å²) in [4.78, 5) is 0. The van der Waals surface area contributed by atoms with E-state index < -0.39 is 0 Å². The number of hydrogen-bond donors (Lipinski definition) is 0. The monoisotopic (exact) mass is 429 g/mol. The van der Waals surface area contributed by atoms with Crippen molar-refractivity contribution < 1.29 is 50.7 Å². The predicted octanol–water partition coefficient (Wildman–Crippen LogP) is -2.09. The molecule has 17 heavy (non-hydrogen) atoms. The van der Waals surface area contributed by atoms with Gasteiger partial charge in [-0.1, -0.05) is 36.4 Å². The van der Waals surface area contributed by atoms with Crippen molar-refractivity contribution >= 4 is 16.3 Å². The Hall–Kier alpha value is -0.240. The summed E-state index contributed by atoms with van der Waals surface area (Å²) in [6.07, 6.45) is 7.62. The summed E-state index contributed by atoms with van der Waals surface area (Å²) in [6, 6.07) is 13.1. The molecular formula is C14H11Cl2Hf-3. The van der Waals surface area contributed by atoms with Crippen LogP contribution >= 0.6 is 0 Å². The van der Waals surface area contributed by atoms with Gasteiger partial charge in [0.15, 0.2) is 0 Å². The van der Waals surface area contributed by atoms with Crippen molar-refractivity contribution in [1.82, 2.24) is 0 Å². The zero-order valence-electron chi connectivity index (χ0n) is 9.16. The average molecular weight is 429 g/mol. The number of halogens is 2. The normalized spacial score (nSPS) is 12.4. The van der Waals surface area contributed by atoms with Crippen LogP contribution in [0.2, 0.25) is 0 Å². The largest absolute Gasteiger partial charge is 1.00 e. The smallest absolute Gasteiger partial charge is 0 e. The van der Waals surface area contributed by atoms with Crippen LogP contribution in [-0.2, 0) is 25.8 Å². The van der Waals surface area contributed by atoms with Gasteiger partial charge >= 0.3 is 0 Å². The standard InChI is InChI=1S/C14H11.2ClH.Hf/c1-2-6-11(5-1)14-9-12-7-3-4-8-13(12)10-14;;;/h1-5,7-10H,6H2;2*1H;/q-1;;;/p-2. The van der Waals surface area contributed by atoms with Crippen molar-refractivity contribution in [2.24, 2.45) is 0 Å². The number of fused-ring (bicyclic) bond motifs is 1. The van der Waals surface area contributed by atoms with Gasteiger partial charge in [0, 0.05) is 25.8 Å². The van der Waals surface area contributed by atoms with Crippen LogP contribution in [0, 0.1) is 0 Å². The van der Waals surface area contributed by atoms with Gasteiger partial charge in [0.05, 0.1) is 0 Å². The molecule has 1 aliphatic rings. The van der Waals surface area contributed by atoms with Crippen LogP contribution in [0.4, 0.5) is 0 Å². The summed E-state index contributed by atoms with van der Waals surface area (Å²) in [5.74, 6) is 0. The molecule has 0 bridgehead atoms. The molecule has 0 fully saturated rings. The molecule has 0 saturated heterocycles. The van der Waals surface area contributed by atoms with Gasteiger partial charge in [-0.25, -0.2) is 0 Å². The summed E-state index contributed by atoms with van der Waals surface area (Å²) in [5.41, 5.74) is 2.80. The first-order valence-electron chi connectivity index (χ1n) is 4.95. The number of allylic oxidation sites excluding steroid dienone is 4. The number of benzene rings is 1. The predicted molar refractivity (Wildman–Crippen MR) is 61.3 cm³/mol. The van der Waals surface area contributed by atoms with Crippen LogP contribution < -0.4 is 24.8 Å². The third kappa shape index (κ3) is 3.37. The van der Waals surface area contributed by atoms with Gasteiger partial charge < -0.3 is 24.8 Å². The molecule has 2 aromatic carbocycles. The van der Waals surface area contributed by atoms with E-state index in [-0.39, 0.29) is 50.7 Å². The Kier molecular flexibility index (Phi) is 7.15. The third-order valence-electron chi connectivity index (χ3n) is 2.76. The molecule has 0 aliphatic heterocycles. The second kappa shape index (κ2) is 7.25. The summed E-state index contributed by atoms with van der Waals surface area (Å²) < 4.78 is 0. The Bertz CT molecular complexity index is 505. The van der Waals surface area contributed by atoms with E-state index in [1.54, 1.807) is 0 Å². The average Bonchev–Trinajstić information content (AvgIpc) is 2.86. The molecule has 0 aromatic heterocycles. The minimum absolute atomic E-state index is 0. The van der Waals surface area contributed by atoms with Gasteiger partial charge in [0.25, 0.3) is 0 Å². The second-order valence-electron chi connectivity index (χ2n) is 3.70. The molecule has 2 aromatic rings. The zero-order chi connectivity index (χ0) is 9.38. The first kappa shape index (κ1) is 16.8. The van der Waals surface area contributed by atoms with E-state index in [0.717, 1.165) is 6.42 Å². The fourth-order valence-corrected chi connectivity index (χ4v) is 2.00. The van der Waals surface area contributed by atoms with Crippen LogP contribution in [0.3, 0.4) is 0 Å². The third-order valence-corrected chi connectivity index (χ3v) is 2.76. The van der Waals surface area contributed by atoms with Gasteiger partial charge in [-0.2, -0.15) is 0 Å². The Morgan fingerprint density at radius 2 is 1.82 bits per heavy atom. The van der Waals surface area contributed by atoms with E-state index in [9.17, 15) is 0 Å². The van der Waals surface area contributed by atoms with E-state index >= 15 is 0 Å². The second-order valence-corrected chi connectivity index (χ2v) is 3.70. The maximum atomic E-state index is 2.27. The number of hydrogen-bond acceptors (Lipinski definition) is 0. The van der Waals surface area contributed by atoms with Crippen molar-refractivity contribution in [1.29, 1.82) is 0 Å². The SMILES string of the molecule is C1=CCC(c2cc3ccccc3[cH-]2)=C1.[Cl-].[Cl-].[Hf]. The minimum Gasteiger partial charge on any atom is -1.00 e. The van der Waals surface area contributed by atoms with Gasteiger partial charge in [-0.3, -0.25) is 0 Å². The molecule has 0 saturated carbocycles. The molecule has 88 valence electrons. The number of rotatable bonds is 1. The van der Waals surface area contributed by atoms with Gasteiger partial charge in [0.1, 0.15) is 0 Å².